The van der Waals surface area contributed by atoms with Gasteiger partial charge in [0.05, 0.1) is 6.10 Å². The molecular formula is C8H14O4. The van der Waals surface area contributed by atoms with Crippen molar-refractivity contribution in [3.05, 3.63) is 0 Å². The number of ether oxygens (including phenoxy) is 3. The lowest BCUT2D eigenvalue weighted by molar-refractivity contribution is -0.148. The molecule has 1 aliphatic rings. The van der Waals surface area contributed by atoms with Gasteiger partial charge in [-0.3, -0.25) is 0 Å². The van der Waals surface area contributed by atoms with E-state index in [1.807, 2.05) is 6.92 Å². The lowest BCUT2D eigenvalue weighted by Gasteiger charge is -2.00. The highest BCUT2D eigenvalue weighted by Crippen LogP contribution is 2.24. The van der Waals surface area contributed by atoms with Crippen LogP contribution in [0.1, 0.15) is 13.3 Å². The van der Waals surface area contributed by atoms with Crippen LogP contribution in [0, 0.1) is 0 Å². The molecule has 1 rings (SSSR count). The van der Waals surface area contributed by atoms with Crippen LogP contribution in [0.5, 0.6) is 0 Å². The maximum atomic E-state index is 10.8. The Kier molecular flexibility index (Phi) is 3.49. The zero-order chi connectivity index (χ0) is 8.97. The minimum atomic E-state index is -0.331. The highest BCUT2D eigenvalue weighted by molar-refractivity contribution is 5.70. The smallest absolute Gasteiger partial charge is 0.332 e. The summed E-state index contributed by atoms with van der Waals surface area (Å²) in [6, 6.07) is 0. The molecule has 0 aliphatic carbocycles. The van der Waals surface area contributed by atoms with Gasteiger partial charge in [-0.25, -0.2) is 4.79 Å². The third-order valence-electron chi connectivity index (χ3n) is 1.76. The predicted octanol–water partition coefficient (Wildman–Crippen LogP) is 0.353. The Balaban J connectivity index is 1.99. The van der Waals surface area contributed by atoms with E-state index < -0.39 is 0 Å². The normalized spacial score (nSPS) is 26.8. The summed E-state index contributed by atoms with van der Waals surface area (Å²) in [7, 11) is 1.46. The van der Waals surface area contributed by atoms with E-state index in [1.54, 1.807) is 0 Å². The molecule has 70 valence electrons. The largest absolute Gasteiger partial charge is 0.461 e. The fourth-order valence-electron chi connectivity index (χ4n) is 1.02. The van der Waals surface area contributed by atoms with Crippen LogP contribution in [0.3, 0.4) is 0 Å². The Labute approximate surface area is 71.8 Å². The molecule has 4 heteroatoms. The topological polar surface area (TPSA) is 48.1 Å². The van der Waals surface area contributed by atoms with Crippen LogP contribution in [0.25, 0.3) is 0 Å². The van der Waals surface area contributed by atoms with Gasteiger partial charge in [0.1, 0.15) is 19.3 Å². The van der Waals surface area contributed by atoms with Crippen LogP contribution < -0.4 is 0 Å². The summed E-state index contributed by atoms with van der Waals surface area (Å²) in [5, 5.41) is 0. The highest BCUT2D eigenvalue weighted by atomic mass is 16.6. The summed E-state index contributed by atoms with van der Waals surface area (Å²) in [4.78, 5) is 10.8. The maximum absolute atomic E-state index is 10.8. The Morgan fingerprint density at radius 1 is 1.50 bits per heavy atom. The Morgan fingerprint density at radius 2 is 2.25 bits per heavy atom. The molecule has 0 aromatic heterocycles. The molecule has 1 heterocycles. The van der Waals surface area contributed by atoms with Crippen molar-refractivity contribution in [1.82, 2.24) is 0 Å². The van der Waals surface area contributed by atoms with E-state index >= 15 is 0 Å². The van der Waals surface area contributed by atoms with Gasteiger partial charge in [-0.1, -0.05) is 6.92 Å². The number of carbonyl (C=O) groups is 1. The van der Waals surface area contributed by atoms with Crippen molar-refractivity contribution in [2.45, 2.75) is 25.6 Å². The quantitative estimate of drug-likeness (QED) is 0.446. The van der Waals surface area contributed by atoms with Gasteiger partial charge in [0, 0.05) is 7.11 Å². The number of rotatable bonds is 5. The molecule has 2 atom stereocenters. The summed E-state index contributed by atoms with van der Waals surface area (Å²) in [6.07, 6.45) is 1.39. The fraction of sp³-hybridized carbons (Fsp3) is 0.875. The van der Waals surface area contributed by atoms with Gasteiger partial charge in [-0.15, -0.1) is 0 Å². The van der Waals surface area contributed by atoms with Gasteiger partial charge in [0.2, 0.25) is 0 Å². The third-order valence-corrected chi connectivity index (χ3v) is 1.76. The van der Waals surface area contributed by atoms with Crippen molar-refractivity contribution in [1.29, 1.82) is 0 Å². The van der Waals surface area contributed by atoms with Gasteiger partial charge in [0.15, 0.2) is 0 Å². The molecule has 0 amide bonds. The average Bonchev–Trinajstić information content (AvgIpc) is 2.80. The standard InChI is InChI=1S/C8H14O4/c1-3-6-7(12-6)4-11-8(9)5-10-2/h6-7H,3-5H2,1-2H3. The molecule has 1 saturated heterocycles. The lowest BCUT2D eigenvalue weighted by atomic mass is 10.3. The number of esters is 1. The van der Waals surface area contributed by atoms with Crippen molar-refractivity contribution in [3.8, 4) is 0 Å². The van der Waals surface area contributed by atoms with Crippen LogP contribution in [-0.2, 0) is 19.0 Å². The van der Waals surface area contributed by atoms with Crippen LogP contribution in [0.4, 0.5) is 0 Å². The fourth-order valence-corrected chi connectivity index (χ4v) is 1.02. The van der Waals surface area contributed by atoms with Crippen molar-refractivity contribution in [2.75, 3.05) is 20.3 Å². The van der Waals surface area contributed by atoms with E-state index in [4.69, 9.17) is 9.47 Å². The summed E-state index contributed by atoms with van der Waals surface area (Å²) in [5.41, 5.74) is 0. The molecule has 0 radical (unpaired) electrons. The molecule has 1 aliphatic heterocycles. The molecule has 0 aromatic carbocycles. The average molecular weight is 174 g/mol. The minimum Gasteiger partial charge on any atom is -0.461 e. The molecule has 2 unspecified atom stereocenters. The maximum Gasteiger partial charge on any atom is 0.332 e. The molecule has 0 spiro atoms. The van der Waals surface area contributed by atoms with Crippen molar-refractivity contribution in [3.63, 3.8) is 0 Å². The van der Waals surface area contributed by atoms with Crippen molar-refractivity contribution >= 4 is 5.97 Å². The Hall–Kier alpha value is -0.610. The number of hydrogen-bond acceptors (Lipinski definition) is 4. The molecule has 0 saturated carbocycles. The summed E-state index contributed by atoms with van der Waals surface area (Å²) in [5.74, 6) is -0.331. The van der Waals surface area contributed by atoms with Crippen LogP contribution in [-0.4, -0.2) is 38.5 Å². The summed E-state index contributed by atoms with van der Waals surface area (Å²) in [6.45, 7) is 2.42. The zero-order valence-electron chi connectivity index (χ0n) is 7.41. The molecule has 0 N–H and O–H groups in total. The SMILES string of the molecule is CCC1OC1COC(=O)COC. The van der Waals surface area contributed by atoms with E-state index in [0.717, 1.165) is 6.42 Å². The van der Waals surface area contributed by atoms with Crippen LogP contribution in [0.15, 0.2) is 0 Å². The second kappa shape index (κ2) is 4.42. The van der Waals surface area contributed by atoms with Crippen LogP contribution in [0.2, 0.25) is 0 Å². The van der Waals surface area contributed by atoms with E-state index in [2.05, 4.69) is 4.74 Å². The molecule has 1 fully saturated rings. The molecule has 0 aromatic rings. The monoisotopic (exact) mass is 174 g/mol. The van der Waals surface area contributed by atoms with Crippen LogP contribution >= 0.6 is 0 Å². The van der Waals surface area contributed by atoms with Crippen molar-refractivity contribution < 1.29 is 19.0 Å². The molecular weight excluding hydrogens is 160 g/mol. The Morgan fingerprint density at radius 3 is 2.75 bits per heavy atom. The minimum absolute atomic E-state index is 0.0174. The van der Waals surface area contributed by atoms with Gasteiger partial charge < -0.3 is 14.2 Å². The second-order valence-corrected chi connectivity index (χ2v) is 2.74. The first-order valence-electron chi connectivity index (χ1n) is 4.08. The molecule has 0 bridgehead atoms. The van der Waals surface area contributed by atoms with Gasteiger partial charge in [-0.2, -0.15) is 0 Å². The van der Waals surface area contributed by atoms with E-state index in [0.29, 0.717) is 12.7 Å². The van der Waals surface area contributed by atoms with E-state index in [-0.39, 0.29) is 18.7 Å². The first-order chi connectivity index (χ1) is 5.77. The van der Waals surface area contributed by atoms with E-state index in [9.17, 15) is 4.79 Å². The molecule has 12 heavy (non-hydrogen) atoms. The summed E-state index contributed by atoms with van der Waals surface area (Å²) < 4.78 is 14.6. The first-order valence-corrected chi connectivity index (χ1v) is 4.08. The number of hydrogen-bond donors (Lipinski definition) is 0. The van der Waals surface area contributed by atoms with Gasteiger partial charge in [-0.05, 0) is 6.42 Å². The number of carbonyl (C=O) groups excluding carboxylic acids is 1. The zero-order valence-corrected chi connectivity index (χ0v) is 7.41. The predicted molar refractivity (Wildman–Crippen MR) is 41.8 cm³/mol. The number of epoxide rings is 1. The van der Waals surface area contributed by atoms with Gasteiger partial charge >= 0.3 is 5.97 Å². The number of methoxy groups -OCH3 is 1. The lowest BCUT2D eigenvalue weighted by Crippen LogP contribution is -2.15. The van der Waals surface area contributed by atoms with E-state index in [1.165, 1.54) is 7.11 Å². The Bertz CT molecular complexity index is 157. The third kappa shape index (κ3) is 2.79. The first kappa shape index (κ1) is 9.48. The highest BCUT2D eigenvalue weighted by Gasteiger charge is 2.37. The summed E-state index contributed by atoms with van der Waals surface area (Å²) >= 11 is 0. The second-order valence-electron chi connectivity index (χ2n) is 2.74. The van der Waals surface area contributed by atoms with Crippen molar-refractivity contribution in [2.24, 2.45) is 0 Å². The van der Waals surface area contributed by atoms with Gasteiger partial charge in [0.25, 0.3) is 0 Å². The molecule has 4 nitrogen and oxygen atoms in total.